The average Bonchev–Trinajstić information content (AvgIpc) is 2.96. The number of ether oxygens (including phenoxy) is 1. The predicted octanol–water partition coefficient (Wildman–Crippen LogP) is 1.03. The van der Waals surface area contributed by atoms with Gasteiger partial charge in [0.05, 0.1) is 45.2 Å². The summed E-state index contributed by atoms with van der Waals surface area (Å²) in [5.74, 6) is 0.865. The molecule has 8 heteroatoms. The summed E-state index contributed by atoms with van der Waals surface area (Å²) in [7, 11) is 3.77. The van der Waals surface area contributed by atoms with Gasteiger partial charge in [0.15, 0.2) is 0 Å². The van der Waals surface area contributed by atoms with Crippen LogP contribution in [0.2, 0.25) is 0 Å². The second-order valence-electron chi connectivity index (χ2n) is 7.05. The van der Waals surface area contributed by atoms with E-state index in [2.05, 4.69) is 7.05 Å². The van der Waals surface area contributed by atoms with Crippen molar-refractivity contribution in [3.05, 3.63) is 34.7 Å². The first-order valence-electron chi connectivity index (χ1n) is 9.46. The maximum absolute atomic E-state index is 12.7. The SMILES string of the molecule is COc1ccc(/C=C2/SC(=S)N(CCCC(=O)N3CC[NH+](C)CC3)C2=O)cc1. The van der Waals surface area contributed by atoms with Gasteiger partial charge in [-0.3, -0.25) is 14.5 Å². The molecule has 150 valence electrons. The van der Waals surface area contributed by atoms with Crippen molar-refractivity contribution in [2.24, 2.45) is 0 Å². The molecule has 2 saturated heterocycles. The molecule has 2 aliphatic heterocycles. The first-order chi connectivity index (χ1) is 13.5. The third-order valence-corrected chi connectivity index (χ3v) is 6.41. The van der Waals surface area contributed by atoms with Crippen LogP contribution in [0, 0.1) is 0 Å². The first kappa shape index (κ1) is 20.8. The normalized spacial score (nSPS) is 19.6. The van der Waals surface area contributed by atoms with Gasteiger partial charge in [-0.2, -0.15) is 0 Å². The van der Waals surface area contributed by atoms with Crippen LogP contribution in [-0.4, -0.2) is 72.8 Å². The quantitative estimate of drug-likeness (QED) is 0.550. The fourth-order valence-corrected chi connectivity index (χ4v) is 4.54. The van der Waals surface area contributed by atoms with Gasteiger partial charge in [-0.05, 0) is 30.2 Å². The van der Waals surface area contributed by atoms with Gasteiger partial charge >= 0.3 is 0 Å². The summed E-state index contributed by atoms with van der Waals surface area (Å²) in [6.45, 7) is 4.11. The number of quaternary nitrogens is 1. The number of thioether (sulfide) groups is 1. The van der Waals surface area contributed by atoms with Crippen LogP contribution in [0.15, 0.2) is 29.2 Å². The number of nitrogens with zero attached hydrogens (tertiary/aromatic N) is 2. The molecule has 0 saturated carbocycles. The van der Waals surface area contributed by atoms with Gasteiger partial charge in [0.2, 0.25) is 5.91 Å². The molecule has 28 heavy (non-hydrogen) atoms. The van der Waals surface area contributed by atoms with Crippen LogP contribution in [-0.2, 0) is 9.59 Å². The zero-order chi connectivity index (χ0) is 20.1. The molecule has 1 aromatic rings. The second kappa shape index (κ2) is 9.54. The summed E-state index contributed by atoms with van der Waals surface area (Å²) in [5, 5.41) is 0. The minimum absolute atomic E-state index is 0.0820. The fraction of sp³-hybridized carbons (Fsp3) is 0.450. The highest BCUT2D eigenvalue weighted by molar-refractivity contribution is 8.26. The summed E-state index contributed by atoms with van der Waals surface area (Å²) in [6.07, 6.45) is 2.92. The minimum Gasteiger partial charge on any atom is -0.497 e. The Kier molecular flexibility index (Phi) is 7.09. The number of thiocarbonyl (C=S) groups is 1. The van der Waals surface area contributed by atoms with E-state index in [1.807, 2.05) is 35.2 Å². The Balaban J connectivity index is 1.52. The smallest absolute Gasteiger partial charge is 0.266 e. The van der Waals surface area contributed by atoms with E-state index >= 15 is 0 Å². The molecule has 6 nitrogen and oxygen atoms in total. The highest BCUT2D eigenvalue weighted by Crippen LogP contribution is 2.33. The van der Waals surface area contributed by atoms with Crippen molar-refractivity contribution in [1.82, 2.24) is 9.80 Å². The average molecular weight is 421 g/mol. The van der Waals surface area contributed by atoms with Crippen LogP contribution in [0.1, 0.15) is 18.4 Å². The lowest BCUT2D eigenvalue weighted by atomic mass is 10.2. The van der Waals surface area contributed by atoms with Crippen LogP contribution in [0.5, 0.6) is 5.75 Å². The lowest BCUT2D eigenvalue weighted by Gasteiger charge is -2.30. The third kappa shape index (κ3) is 5.12. The molecular weight excluding hydrogens is 394 g/mol. The third-order valence-electron chi connectivity index (χ3n) is 5.03. The Hall–Kier alpha value is -1.90. The van der Waals surface area contributed by atoms with Crippen LogP contribution in [0.25, 0.3) is 6.08 Å². The summed E-state index contributed by atoms with van der Waals surface area (Å²) in [5.41, 5.74) is 0.925. The minimum atomic E-state index is -0.0820. The van der Waals surface area contributed by atoms with Gasteiger partial charge in [-0.15, -0.1) is 0 Å². The van der Waals surface area contributed by atoms with Crippen molar-refractivity contribution in [3.63, 3.8) is 0 Å². The number of amides is 2. The van der Waals surface area contributed by atoms with Crippen LogP contribution in [0.4, 0.5) is 0 Å². The lowest BCUT2D eigenvalue weighted by Crippen LogP contribution is -3.12. The number of carbonyl (C=O) groups is 2. The Labute approximate surface area is 175 Å². The van der Waals surface area contributed by atoms with E-state index in [4.69, 9.17) is 17.0 Å². The zero-order valence-corrected chi connectivity index (χ0v) is 17.9. The lowest BCUT2D eigenvalue weighted by molar-refractivity contribution is -0.883. The van der Waals surface area contributed by atoms with Crippen molar-refractivity contribution < 1.29 is 19.2 Å². The summed E-state index contributed by atoms with van der Waals surface area (Å²) in [4.78, 5) is 30.7. The van der Waals surface area contributed by atoms with Crippen LogP contribution < -0.4 is 9.64 Å². The molecule has 0 bridgehead atoms. The van der Waals surface area contributed by atoms with E-state index in [9.17, 15) is 9.59 Å². The maximum atomic E-state index is 12.7. The molecule has 2 heterocycles. The number of hydrogen-bond acceptors (Lipinski definition) is 5. The van der Waals surface area contributed by atoms with Gasteiger partial charge in [-0.1, -0.05) is 36.1 Å². The number of piperazine rings is 1. The molecule has 0 aromatic heterocycles. The van der Waals surface area contributed by atoms with E-state index in [0.29, 0.717) is 28.6 Å². The van der Waals surface area contributed by atoms with Gasteiger partial charge in [0, 0.05) is 13.0 Å². The van der Waals surface area contributed by atoms with Crippen LogP contribution >= 0.6 is 24.0 Å². The van der Waals surface area contributed by atoms with Crippen molar-refractivity contribution in [2.75, 3.05) is 46.9 Å². The van der Waals surface area contributed by atoms with Crippen molar-refractivity contribution in [1.29, 1.82) is 0 Å². The van der Waals surface area contributed by atoms with E-state index < -0.39 is 0 Å². The molecule has 0 unspecified atom stereocenters. The van der Waals surface area contributed by atoms with Gasteiger partial charge in [-0.25, -0.2) is 0 Å². The molecule has 2 aliphatic rings. The Morgan fingerprint density at radius 2 is 1.96 bits per heavy atom. The van der Waals surface area contributed by atoms with E-state index in [1.54, 1.807) is 12.0 Å². The summed E-state index contributed by atoms with van der Waals surface area (Å²) in [6, 6.07) is 7.53. The molecule has 3 rings (SSSR count). The summed E-state index contributed by atoms with van der Waals surface area (Å²) < 4.78 is 5.71. The fourth-order valence-electron chi connectivity index (χ4n) is 3.23. The Morgan fingerprint density at radius 3 is 2.61 bits per heavy atom. The number of rotatable bonds is 6. The van der Waals surface area contributed by atoms with Crippen molar-refractivity contribution in [2.45, 2.75) is 12.8 Å². The Morgan fingerprint density at radius 1 is 1.29 bits per heavy atom. The number of nitrogens with one attached hydrogen (secondary N) is 1. The second-order valence-corrected chi connectivity index (χ2v) is 8.72. The molecule has 0 spiro atoms. The van der Waals surface area contributed by atoms with Gasteiger partial charge in [0.25, 0.3) is 5.91 Å². The monoisotopic (exact) mass is 420 g/mol. The number of methoxy groups -OCH3 is 1. The van der Waals surface area contributed by atoms with E-state index in [1.165, 1.54) is 16.7 Å². The first-order valence-corrected chi connectivity index (χ1v) is 10.7. The Bertz CT molecular complexity index is 771. The largest absolute Gasteiger partial charge is 0.497 e. The van der Waals surface area contributed by atoms with Crippen LogP contribution in [0.3, 0.4) is 0 Å². The van der Waals surface area contributed by atoms with Crippen molar-refractivity contribution in [3.8, 4) is 5.75 Å². The van der Waals surface area contributed by atoms with Crippen molar-refractivity contribution >= 4 is 46.2 Å². The molecule has 2 amide bonds. The topological polar surface area (TPSA) is 54.3 Å². The molecule has 1 N–H and O–H groups in total. The number of likely N-dealkylation sites (N-methyl/N-ethyl adjacent to an activating group) is 1. The van der Waals surface area contributed by atoms with E-state index in [-0.39, 0.29) is 11.8 Å². The molecule has 2 fully saturated rings. The highest BCUT2D eigenvalue weighted by Gasteiger charge is 2.32. The molecule has 1 aromatic carbocycles. The molecule has 0 radical (unpaired) electrons. The maximum Gasteiger partial charge on any atom is 0.266 e. The number of carbonyl (C=O) groups excluding carboxylic acids is 2. The molecule has 0 atom stereocenters. The number of benzene rings is 1. The standard InChI is InChI=1S/C20H25N3O3S2/c1-21-10-12-22(13-11-21)18(24)4-3-9-23-19(25)17(28-20(23)27)14-15-5-7-16(26-2)8-6-15/h5-8,14H,3-4,9-13H2,1-2H3/p+1/b17-14+. The number of hydrogen-bond donors (Lipinski definition) is 1. The predicted molar refractivity (Wildman–Crippen MR) is 115 cm³/mol. The molecular formula is C20H26N3O3S2+. The van der Waals surface area contributed by atoms with E-state index in [0.717, 1.165) is 37.5 Å². The van der Waals surface area contributed by atoms with Gasteiger partial charge in [0.1, 0.15) is 10.1 Å². The highest BCUT2D eigenvalue weighted by atomic mass is 32.2. The van der Waals surface area contributed by atoms with Gasteiger partial charge < -0.3 is 14.5 Å². The zero-order valence-electron chi connectivity index (χ0n) is 16.3. The molecule has 0 aliphatic carbocycles. The summed E-state index contributed by atoms with van der Waals surface area (Å²) >= 11 is 6.69.